The van der Waals surface area contributed by atoms with Gasteiger partial charge in [-0.2, -0.15) is 0 Å². The van der Waals surface area contributed by atoms with Crippen LogP contribution >= 0.6 is 43.2 Å². The molecule has 144 valence electrons. The number of carbonyl (C=O) groups excluding carboxylic acids is 1. The van der Waals surface area contributed by atoms with Crippen LogP contribution in [0.2, 0.25) is 0 Å². The fourth-order valence-electron chi connectivity index (χ4n) is 3.96. The van der Waals surface area contributed by atoms with Crippen LogP contribution in [0.15, 0.2) is 21.1 Å². The Morgan fingerprint density at radius 2 is 1.85 bits per heavy atom. The van der Waals surface area contributed by atoms with E-state index in [1.807, 2.05) is 12.1 Å². The molecule has 1 amide bonds. The molecule has 0 saturated carbocycles. The third-order valence-electron chi connectivity index (χ3n) is 5.64. The van der Waals surface area contributed by atoms with Crippen LogP contribution in [-0.2, 0) is 12.8 Å². The fraction of sp³-hybridized carbons (Fsp3) is 0.450. The molecule has 0 saturated heterocycles. The first-order valence-electron chi connectivity index (χ1n) is 9.05. The van der Waals surface area contributed by atoms with Gasteiger partial charge in [0.25, 0.3) is 5.91 Å². The minimum Gasteiger partial charge on any atom is -0.506 e. The van der Waals surface area contributed by atoms with Gasteiger partial charge in [0.1, 0.15) is 16.9 Å². The average molecular weight is 514 g/mol. The number of benzene rings is 1. The number of carbonyl (C=O) groups is 1. The summed E-state index contributed by atoms with van der Waals surface area (Å²) in [6.07, 6.45) is 2.83. The first-order chi connectivity index (χ1) is 12.6. The zero-order chi connectivity index (χ0) is 19.5. The highest BCUT2D eigenvalue weighted by Gasteiger charge is 2.36. The number of anilines is 1. The van der Waals surface area contributed by atoms with Gasteiger partial charge in [-0.25, -0.2) is 0 Å². The van der Waals surface area contributed by atoms with Crippen LogP contribution in [0, 0.1) is 11.3 Å². The maximum atomic E-state index is 12.9. The number of aromatic hydroxyl groups is 1. The highest BCUT2D eigenvalue weighted by molar-refractivity contribution is 9.11. The van der Waals surface area contributed by atoms with Crippen LogP contribution in [0.4, 0.5) is 5.00 Å². The van der Waals surface area contributed by atoms with Crippen molar-refractivity contribution in [2.75, 3.05) is 5.32 Å². The predicted octanol–water partition coefficient (Wildman–Crippen LogP) is 5.98. The summed E-state index contributed by atoms with van der Waals surface area (Å²) in [5.74, 6) is 0.787. The quantitative estimate of drug-likeness (QED) is 0.439. The zero-order valence-corrected chi connectivity index (χ0v) is 19.4. The molecule has 2 heterocycles. The summed E-state index contributed by atoms with van der Waals surface area (Å²) in [6.45, 7) is 6.91. The third-order valence-corrected chi connectivity index (χ3v) is 8.04. The van der Waals surface area contributed by atoms with Gasteiger partial charge in [0.2, 0.25) is 0 Å². The normalized spacial score (nSPS) is 21.9. The Kier molecular flexibility index (Phi) is 4.84. The summed E-state index contributed by atoms with van der Waals surface area (Å²) in [7, 11) is 0. The van der Waals surface area contributed by atoms with Gasteiger partial charge in [-0.1, -0.05) is 20.8 Å². The van der Waals surface area contributed by atoms with E-state index < -0.39 is 0 Å². The number of phenolic OH excluding ortho intramolecular Hbond substituents is 1. The third kappa shape index (κ3) is 3.42. The van der Waals surface area contributed by atoms with Crippen LogP contribution in [0.3, 0.4) is 0 Å². The molecule has 0 spiro atoms. The number of hydrogen-bond donors (Lipinski definition) is 3. The molecule has 27 heavy (non-hydrogen) atoms. The Hall–Kier alpha value is -1.05. The predicted molar refractivity (Wildman–Crippen MR) is 117 cm³/mol. The van der Waals surface area contributed by atoms with Gasteiger partial charge in [-0.05, 0) is 85.7 Å². The van der Waals surface area contributed by atoms with E-state index in [9.17, 15) is 9.90 Å². The van der Waals surface area contributed by atoms with Crippen LogP contribution in [0.25, 0.3) is 0 Å². The number of nitrogens with one attached hydrogen (secondary N) is 2. The highest BCUT2D eigenvalue weighted by atomic mass is 79.9. The molecule has 2 aliphatic rings. The molecule has 1 aromatic carbocycles. The summed E-state index contributed by atoms with van der Waals surface area (Å²) < 4.78 is 1.18. The van der Waals surface area contributed by atoms with Gasteiger partial charge in [-0.15, -0.1) is 11.3 Å². The number of hydrogen-bond acceptors (Lipinski definition) is 4. The van der Waals surface area contributed by atoms with E-state index in [4.69, 9.17) is 0 Å². The van der Waals surface area contributed by atoms with E-state index in [1.54, 1.807) is 11.3 Å². The van der Waals surface area contributed by atoms with Crippen LogP contribution in [0.1, 0.15) is 59.7 Å². The van der Waals surface area contributed by atoms with Crippen LogP contribution in [0.5, 0.6) is 5.75 Å². The second kappa shape index (κ2) is 6.78. The van der Waals surface area contributed by atoms with Gasteiger partial charge in [0, 0.05) is 4.88 Å². The van der Waals surface area contributed by atoms with E-state index >= 15 is 0 Å². The van der Waals surface area contributed by atoms with Gasteiger partial charge < -0.3 is 15.7 Å². The molecule has 1 aliphatic carbocycles. The largest absolute Gasteiger partial charge is 0.506 e. The molecule has 7 heteroatoms. The molecule has 4 rings (SSSR count). The molecule has 3 N–H and O–H groups in total. The monoisotopic (exact) mass is 512 g/mol. The van der Waals surface area contributed by atoms with Crippen molar-refractivity contribution in [2.24, 2.45) is 11.3 Å². The lowest BCUT2D eigenvalue weighted by Gasteiger charge is -2.34. The van der Waals surface area contributed by atoms with Crippen LogP contribution < -0.4 is 10.6 Å². The second-order valence-electron chi connectivity index (χ2n) is 8.40. The Morgan fingerprint density at radius 3 is 2.48 bits per heavy atom. The molecule has 4 nitrogen and oxygen atoms in total. The number of thiophene rings is 1. The fourth-order valence-corrected chi connectivity index (χ4v) is 6.53. The van der Waals surface area contributed by atoms with Gasteiger partial charge in [0.15, 0.2) is 0 Å². The Bertz CT molecular complexity index is 910. The smallest absolute Gasteiger partial charge is 0.256 e. The molecule has 1 aliphatic heterocycles. The average Bonchev–Trinajstić information content (AvgIpc) is 2.96. The number of amides is 1. The van der Waals surface area contributed by atoms with E-state index in [0.29, 0.717) is 14.9 Å². The highest BCUT2D eigenvalue weighted by Crippen LogP contribution is 2.46. The minimum absolute atomic E-state index is 0.0132. The van der Waals surface area contributed by atoms with E-state index in [-0.39, 0.29) is 23.2 Å². The maximum Gasteiger partial charge on any atom is 0.256 e. The standard InChI is InChI=1S/C20H22Br2N2O2S/c1-20(2,3)10-4-5-11-14(8-10)27-19-15(11)18(26)23-17(24-19)9-6-12(21)16(25)13(22)7-9/h6-7,10,17,24-25H,4-5,8H2,1-3H3,(H,23,26). The molecular formula is C20H22Br2N2O2S. The van der Waals surface area contributed by atoms with Crippen molar-refractivity contribution in [3.8, 4) is 5.75 Å². The molecule has 0 bridgehead atoms. The van der Waals surface area contributed by atoms with E-state index in [0.717, 1.165) is 35.4 Å². The Balaban J connectivity index is 1.66. The maximum absolute atomic E-state index is 12.9. The van der Waals surface area contributed by atoms with E-state index in [2.05, 4.69) is 63.3 Å². The summed E-state index contributed by atoms with van der Waals surface area (Å²) in [4.78, 5) is 14.2. The Morgan fingerprint density at radius 1 is 1.19 bits per heavy atom. The van der Waals surface area contributed by atoms with Crippen molar-refractivity contribution >= 4 is 54.1 Å². The molecular weight excluding hydrogens is 492 g/mol. The van der Waals surface area contributed by atoms with Gasteiger partial charge >= 0.3 is 0 Å². The van der Waals surface area contributed by atoms with Crippen molar-refractivity contribution < 1.29 is 9.90 Å². The van der Waals surface area contributed by atoms with Crippen molar-refractivity contribution in [3.63, 3.8) is 0 Å². The first-order valence-corrected chi connectivity index (χ1v) is 11.4. The van der Waals surface area contributed by atoms with Crippen molar-refractivity contribution in [3.05, 3.63) is 42.6 Å². The molecule has 0 radical (unpaired) electrons. The summed E-state index contributed by atoms with van der Waals surface area (Å²) in [5.41, 5.74) is 3.22. The summed E-state index contributed by atoms with van der Waals surface area (Å²) in [5, 5.41) is 17.5. The first kappa shape index (κ1) is 19.3. The summed E-state index contributed by atoms with van der Waals surface area (Å²) >= 11 is 8.45. The van der Waals surface area contributed by atoms with Crippen LogP contribution in [-0.4, -0.2) is 11.0 Å². The topological polar surface area (TPSA) is 61.4 Å². The number of rotatable bonds is 1. The number of halogens is 2. The molecule has 2 unspecified atom stereocenters. The van der Waals surface area contributed by atoms with Gasteiger partial charge in [0.05, 0.1) is 14.5 Å². The minimum atomic E-state index is -0.322. The molecule has 1 aromatic heterocycles. The van der Waals surface area contributed by atoms with Crippen molar-refractivity contribution in [2.45, 2.75) is 46.2 Å². The van der Waals surface area contributed by atoms with Gasteiger partial charge in [-0.3, -0.25) is 4.79 Å². The molecule has 2 atom stereocenters. The summed E-state index contributed by atoms with van der Waals surface area (Å²) in [6, 6.07) is 3.65. The van der Waals surface area contributed by atoms with E-state index in [1.165, 1.54) is 10.4 Å². The Labute approximate surface area is 180 Å². The lowest BCUT2D eigenvalue weighted by atomic mass is 9.72. The second-order valence-corrected chi connectivity index (χ2v) is 11.2. The lowest BCUT2D eigenvalue weighted by molar-refractivity contribution is 0.0935. The van der Waals surface area contributed by atoms with Crippen molar-refractivity contribution in [1.29, 1.82) is 0 Å². The SMILES string of the molecule is CC(C)(C)C1CCc2c(sc3c2C(=O)NC(c2cc(Br)c(O)c(Br)c2)N3)C1. The zero-order valence-electron chi connectivity index (χ0n) is 15.5. The molecule has 0 fully saturated rings. The lowest BCUT2D eigenvalue weighted by Crippen LogP contribution is -2.38. The number of fused-ring (bicyclic) bond motifs is 3. The van der Waals surface area contributed by atoms with Crippen molar-refractivity contribution in [1.82, 2.24) is 5.32 Å². The molecule has 2 aromatic rings. The number of phenols is 1.